The van der Waals surface area contributed by atoms with Crippen molar-refractivity contribution in [2.75, 3.05) is 5.32 Å². The van der Waals surface area contributed by atoms with Crippen LogP contribution >= 0.6 is 0 Å². The molecule has 1 aromatic carbocycles. The summed E-state index contributed by atoms with van der Waals surface area (Å²) in [5.74, 6) is -0.0359. The number of hydrogen-bond acceptors (Lipinski definition) is 1. The van der Waals surface area contributed by atoms with Crippen LogP contribution < -0.4 is 5.32 Å². The number of para-hydroxylation sites is 1. The first-order chi connectivity index (χ1) is 4.79. The number of benzene rings is 1. The maximum atomic E-state index is 10.5. The summed E-state index contributed by atoms with van der Waals surface area (Å²) in [4.78, 5) is 10.5. The molecule has 3 heteroatoms. The molecular weight excluding hydrogens is 185 g/mol. The predicted molar refractivity (Wildman–Crippen MR) is 40.7 cm³/mol. The Bertz CT molecular complexity index is 223. The molecule has 0 aliphatic heterocycles. The number of carbonyl (C=O) groups excluding carboxylic acids is 1. The molecule has 0 spiro atoms. The first kappa shape index (κ1) is 10.2. The Balaban J connectivity index is 0.000001000. The van der Waals surface area contributed by atoms with Crippen LogP contribution in [-0.4, -0.2) is 5.91 Å². The van der Waals surface area contributed by atoms with Crippen LogP contribution in [0.4, 0.5) is 5.69 Å². The molecule has 1 amide bonds. The van der Waals surface area contributed by atoms with E-state index in [-0.39, 0.29) is 22.7 Å². The average Bonchev–Trinajstić information content (AvgIpc) is 1.88. The van der Waals surface area contributed by atoms with E-state index < -0.39 is 0 Å². The summed E-state index contributed by atoms with van der Waals surface area (Å²) in [5.41, 5.74) is 0.843. The van der Waals surface area contributed by atoms with Crippen molar-refractivity contribution >= 4 is 11.6 Å². The van der Waals surface area contributed by atoms with Gasteiger partial charge in [-0.1, -0.05) is 18.2 Å². The molecule has 2 nitrogen and oxygen atoms in total. The molecular formula is C8H9CoNO. The van der Waals surface area contributed by atoms with Gasteiger partial charge in [-0.25, -0.2) is 0 Å². The standard InChI is InChI=1S/C8H9NO.Co/c1-7(10)9-8-5-3-2-4-6-8;/h2-6H,1H3,(H,9,10);. The molecule has 0 aromatic heterocycles. The van der Waals surface area contributed by atoms with Gasteiger partial charge in [-0.3, -0.25) is 4.79 Å². The van der Waals surface area contributed by atoms with Gasteiger partial charge in [0.05, 0.1) is 0 Å². The minimum atomic E-state index is -0.0359. The zero-order chi connectivity index (χ0) is 7.40. The predicted octanol–water partition coefficient (Wildman–Crippen LogP) is 1.64. The molecule has 1 aromatic rings. The minimum absolute atomic E-state index is 0. The SMILES string of the molecule is CC(=O)Nc1ccccc1.[Co]. The molecule has 0 saturated carbocycles. The Morgan fingerprint density at radius 2 is 1.82 bits per heavy atom. The van der Waals surface area contributed by atoms with E-state index in [0.29, 0.717) is 0 Å². The van der Waals surface area contributed by atoms with Gasteiger partial charge in [0.1, 0.15) is 0 Å². The van der Waals surface area contributed by atoms with Crippen LogP contribution in [0.25, 0.3) is 0 Å². The third-order valence-corrected chi connectivity index (χ3v) is 1.09. The van der Waals surface area contributed by atoms with Gasteiger partial charge in [-0.05, 0) is 12.1 Å². The normalized spacial score (nSPS) is 8.09. The van der Waals surface area contributed by atoms with Gasteiger partial charge in [0, 0.05) is 29.4 Å². The van der Waals surface area contributed by atoms with Gasteiger partial charge < -0.3 is 5.32 Å². The summed E-state index contributed by atoms with van der Waals surface area (Å²) < 4.78 is 0. The molecule has 0 unspecified atom stereocenters. The molecule has 0 fully saturated rings. The molecule has 0 atom stereocenters. The van der Waals surface area contributed by atoms with E-state index in [4.69, 9.17) is 0 Å². The van der Waals surface area contributed by atoms with Crippen LogP contribution in [0.3, 0.4) is 0 Å². The van der Waals surface area contributed by atoms with Crippen LogP contribution in [0, 0.1) is 0 Å². The molecule has 0 aliphatic carbocycles. The van der Waals surface area contributed by atoms with Crippen molar-refractivity contribution in [2.24, 2.45) is 0 Å². The van der Waals surface area contributed by atoms with Crippen LogP contribution in [0.15, 0.2) is 30.3 Å². The third kappa shape index (κ3) is 3.80. The zero-order valence-electron chi connectivity index (χ0n) is 6.13. The molecule has 0 heterocycles. The van der Waals surface area contributed by atoms with Crippen LogP contribution in [-0.2, 0) is 21.6 Å². The van der Waals surface area contributed by atoms with Crippen molar-refractivity contribution in [3.05, 3.63) is 30.3 Å². The zero-order valence-corrected chi connectivity index (χ0v) is 7.17. The Hall–Kier alpha value is -0.804. The topological polar surface area (TPSA) is 29.1 Å². The molecule has 11 heavy (non-hydrogen) atoms. The van der Waals surface area contributed by atoms with Crippen molar-refractivity contribution in [1.29, 1.82) is 0 Å². The van der Waals surface area contributed by atoms with Crippen molar-refractivity contribution < 1.29 is 21.6 Å². The summed E-state index contributed by atoms with van der Waals surface area (Å²) in [6.07, 6.45) is 0. The summed E-state index contributed by atoms with van der Waals surface area (Å²) >= 11 is 0. The van der Waals surface area contributed by atoms with Gasteiger partial charge in [0.2, 0.25) is 5.91 Å². The number of carbonyl (C=O) groups is 1. The number of amides is 1. The Labute approximate surface area is 76.2 Å². The van der Waals surface area contributed by atoms with Gasteiger partial charge in [0.25, 0.3) is 0 Å². The van der Waals surface area contributed by atoms with Crippen molar-refractivity contribution in [2.45, 2.75) is 6.92 Å². The van der Waals surface area contributed by atoms with Crippen molar-refractivity contribution in [3.63, 3.8) is 0 Å². The van der Waals surface area contributed by atoms with E-state index in [1.807, 2.05) is 30.3 Å². The summed E-state index contributed by atoms with van der Waals surface area (Å²) in [5, 5.41) is 2.67. The first-order valence-corrected chi connectivity index (χ1v) is 3.11. The molecule has 0 aliphatic rings. The van der Waals surface area contributed by atoms with Crippen molar-refractivity contribution in [1.82, 2.24) is 0 Å². The second-order valence-corrected chi connectivity index (χ2v) is 2.05. The Kier molecular flexibility index (Phi) is 4.57. The fourth-order valence-electron chi connectivity index (χ4n) is 0.725. The average molecular weight is 194 g/mol. The summed E-state index contributed by atoms with van der Waals surface area (Å²) in [7, 11) is 0. The number of anilines is 1. The molecule has 1 radical (unpaired) electrons. The monoisotopic (exact) mass is 194 g/mol. The largest absolute Gasteiger partial charge is 0.326 e. The van der Waals surface area contributed by atoms with Crippen molar-refractivity contribution in [3.8, 4) is 0 Å². The van der Waals surface area contributed by atoms with Gasteiger partial charge in [-0.15, -0.1) is 0 Å². The number of rotatable bonds is 1. The quantitative estimate of drug-likeness (QED) is 0.723. The van der Waals surface area contributed by atoms with E-state index >= 15 is 0 Å². The maximum absolute atomic E-state index is 10.5. The second-order valence-electron chi connectivity index (χ2n) is 2.05. The van der Waals surface area contributed by atoms with E-state index in [0.717, 1.165) is 5.69 Å². The smallest absolute Gasteiger partial charge is 0.221 e. The van der Waals surface area contributed by atoms with E-state index in [1.54, 1.807) is 0 Å². The fourth-order valence-corrected chi connectivity index (χ4v) is 0.725. The van der Waals surface area contributed by atoms with Gasteiger partial charge in [-0.2, -0.15) is 0 Å². The molecule has 61 valence electrons. The number of nitrogens with one attached hydrogen (secondary N) is 1. The number of hydrogen-bond donors (Lipinski definition) is 1. The molecule has 1 N–H and O–H groups in total. The molecule has 1 rings (SSSR count). The fraction of sp³-hybridized carbons (Fsp3) is 0.125. The maximum Gasteiger partial charge on any atom is 0.221 e. The van der Waals surface area contributed by atoms with Crippen LogP contribution in [0.1, 0.15) is 6.92 Å². The van der Waals surface area contributed by atoms with E-state index in [9.17, 15) is 4.79 Å². The summed E-state index contributed by atoms with van der Waals surface area (Å²) in [6.45, 7) is 1.49. The summed E-state index contributed by atoms with van der Waals surface area (Å²) in [6, 6.07) is 9.37. The Morgan fingerprint density at radius 3 is 2.27 bits per heavy atom. The van der Waals surface area contributed by atoms with Crippen LogP contribution in [0.2, 0.25) is 0 Å². The second kappa shape index (κ2) is 4.93. The van der Waals surface area contributed by atoms with Gasteiger partial charge in [0.15, 0.2) is 0 Å². The Morgan fingerprint density at radius 1 is 1.27 bits per heavy atom. The molecule has 0 saturated heterocycles. The third-order valence-electron chi connectivity index (χ3n) is 1.09. The first-order valence-electron chi connectivity index (χ1n) is 3.11. The van der Waals surface area contributed by atoms with E-state index in [2.05, 4.69) is 5.32 Å². The van der Waals surface area contributed by atoms with Crippen LogP contribution in [0.5, 0.6) is 0 Å². The molecule has 0 bridgehead atoms. The van der Waals surface area contributed by atoms with Gasteiger partial charge >= 0.3 is 0 Å². The van der Waals surface area contributed by atoms with E-state index in [1.165, 1.54) is 6.92 Å². The minimum Gasteiger partial charge on any atom is -0.326 e.